The van der Waals surface area contributed by atoms with E-state index in [1.807, 2.05) is 0 Å². The summed E-state index contributed by atoms with van der Waals surface area (Å²) >= 11 is 0. The fraction of sp³-hybridized carbons (Fsp3) is 0.913. The predicted octanol–water partition coefficient (Wildman–Crippen LogP) is -7.25. The normalized spacial score (nSPS) is 45.3. The third-order valence-electron chi connectivity index (χ3n) is 7.43. The van der Waals surface area contributed by atoms with E-state index in [9.17, 15) is 70.2 Å². The highest BCUT2D eigenvalue weighted by atomic mass is 19.1. The van der Waals surface area contributed by atoms with Gasteiger partial charge in [0.15, 0.2) is 6.29 Å². The van der Waals surface area contributed by atoms with Crippen LogP contribution in [0.1, 0.15) is 13.3 Å². The topological polar surface area (TPSA) is 315 Å². The Balaban J connectivity index is 1.94. The third-order valence-corrected chi connectivity index (χ3v) is 7.43. The van der Waals surface area contributed by atoms with Crippen molar-refractivity contribution in [3.8, 4) is 0 Å². The second-order valence-electron chi connectivity index (χ2n) is 10.5. The molecule has 0 bridgehead atoms. The molecule has 19 nitrogen and oxygen atoms in total. The highest BCUT2D eigenvalue weighted by Crippen LogP contribution is 2.38. The molecule has 0 radical (unpaired) electrons. The first-order valence-corrected chi connectivity index (χ1v) is 13.2. The number of alkyl halides is 1. The summed E-state index contributed by atoms with van der Waals surface area (Å²) in [4.78, 5) is 24.3. The van der Waals surface area contributed by atoms with Crippen molar-refractivity contribution in [2.45, 2.75) is 111 Å². The van der Waals surface area contributed by atoms with Gasteiger partial charge < -0.3 is 85.2 Å². The molecule has 20 heteroatoms. The van der Waals surface area contributed by atoms with Gasteiger partial charge in [-0.2, -0.15) is 0 Å². The summed E-state index contributed by atoms with van der Waals surface area (Å²) in [6.45, 7) is -1.96. The molecule has 0 aromatic heterocycles. The summed E-state index contributed by atoms with van der Waals surface area (Å²) in [5, 5.41) is 114. The lowest BCUT2D eigenvalue weighted by Gasteiger charge is -2.50. The SMILES string of the molecule is CC(=O)N[C@H]1[C@H]([C@H](O)[C@H](O)CO)O[C@@](O[C@H]2[C@@H](O)[C@@H](CO)O[C@@H](O[C@H]3[C@H](O)[C@@H](O)[C@@H](F)O[C@@H]3CO)[C@@H]2O)(C(=O)O)C[C@@H]1O. The second kappa shape index (κ2) is 14.6. The van der Waals surface area contributed by atoms with Gasteiger partial charge in [0.1, 0.15) is 67.1 Å². The minimum atomic E-state index is -3.04. The maximum Gasteiger partial charge on any atom is 0.364 e. The second-order valence-corrected chi connectivity index (χ2v) is 10.5. The average molecular weight is 636 g/mol. The maximum atomic E-state index is 13.9. The molecule has 3 aliphatic heterocycles. The van der Waals surface area contributed by atoms with Crippen LogP contribution in [0.4, 0.5) is 4.39 Å². The van der Waals surface area contributed by atoms with E-state index in [0.29, 0.717) is 0 Å². The Labute approximate surface area is 242 Å². The van der Waals surface area contributed by atoms with Crippen molar-refractivity contribution < 1.29 is 93.8 Å². The number of nitrogens with one attached hydrogen (secondary N) is 1. The minimum Gasteiger partial charge on any atom is -0.477 e. The molecule has 0 aliphatic carbocycles. The van der Waals surface area contributed by atoms with Crippen LogP contribution >= 0.6 is 0 Å². The molecule has 0 unspecified atom stereocenters. The van der Waals surface area contributed by atoms with Gasteiger partial charge in [-0.05, 0) is 0 Å². The third kappa shape index (κ3) is 7.40. The number of carboxylic acid groups (broad SMARTS) is 1. The molecule has 3 rings (SSSR count). The molecule has 3 fully saturated rings. The van der Waals surface area contributed by atoms with Crippen molar-refractivity contribution in [1.29, 1.82) is 0 Å². The van der Waals surface area contributed by atoms with E-state index < -0.39 is 136 Å². The van der Waals surface area contributed by atoms with Gasteiger partial charge in [-0.15, -0.1) is 0 Å². The van der Waals surface area contributed by atoms with Crippen LogP contribution in [0.2, 0.25) is 0 Å². The summed E-state index contributed by atoms with van der Waals surface area (Å²) in [6.07, 6.45) is -29.1. The lowest BCUT2D eigenvalue weighted by molar-refractivity contribution is -0.383. The van der Waals surface area contributed by atoms with Crippen LogP contribution in [-0.2, 0) is 33.3 Å². The summed E-state index contributed by atoms with van der Waals surface area (Å²) in [6, 6.07) is -1.55. The quantitative estimate of drug-likeness (QED) is 0.100. The molecule has 0 saturated carbocycles. The van der Waals surface area contributed by atoms with Gasteiger partial charge in [-0.3, -0.25) is 4.79 Å². The smallest absolute Gasteiger partial charge is 0.364 e. The van der Waals surface area contributed by atoms with Crippen molar-refractivity contribution in [1.82, 2.24) is 5.32 Å². The van der Waals surface area contributed by atoms with E-state index in [1.54, 1.807) is 0 Å². The summed E-state index contributed by atoms with van der Waals surface area (Å²) in [7, 11) is 0. The number of hydrogen-bond donors (Lipinski definition) is 12. The number of aliphatic carboxylic acids is 1. The van der Waals surface area contributed by atoms with E-state index in [2.05, 4.69) is 5.32 Å². The molecule has 250 valence electrons. The largest absolute Gasteiger partial charge is 0.477 e. The summed E-state index contributed by atoms with van der Waals surface area (Å²) < 4.78 is 40.4. The molecule has 0 spiro atoms. The molecule has 3 aliphatic rings. The van der Waals surface area contributed by atoms with Crippen molar-refractivity contribution in [2.75, 3.05) is 19.8 Å². The molecule has 1 amide bonds. The Kier molecular flexibility index (Phi) is 12.1. The molecule has 16 atom stereocenters. The van der Waals surface area contributed by atoms with Crippen LogP contribution in [-0.4, -0.2) is 186 Å². The zero-order chi connectivity index (χ0) is 32.4. The number of rotatable bonds is 11. The summed E-state index contributed by atoms with van der Waals surface area (Å²) in [5.74, 6) is -5.78. The number of aliphatic hydroxyl groups is 10. The number of carboxylic acids is 1. The molecule has 43 heavy (non-hydrogen) atoms. The van der Waals surface area contributed by atoms with Crippen LogP contribution in [0.25, 0.3) is 0 Å². The lowest BCUT2D eigenvalue weighted by Crippen LogP contribution is -2.70. The van der Waals surface area contributed by atoms with Gasteiger partial charge in [0.2, 0.25) is 12.3 Å². The van der Waals surface area contributed by atoms with E-state index in [-0.39, 0.29) is 0 Å². The van der Waals surface area contributed by atoms with Crippen LogP contribution in [0.3, 0.4) is 0 Å². The Hall–Kier alpha value is -1.73. The van der Waals surface area contributed by atoms with E-state index in [0.717, 1.165) is 6.92 Å². The number of amides is 1. The molecule has 3 saturated heterocycles. The lowest BCUT2D eigenvalue weighted by atomic mass is 9.88. The first-order chi connectivity index (χ1) is 20.1. The van der Waals surface area contributed by atoms with E-state index in [4.69, 9.17) is 23.7 Å². The molecule has 3 heterocycles. The number of hydrogen-bond acceptors (Lipinski definition) is 17. The van der Waals surface area contributed by atoms with Crippen molar-refractivity contribution in [2.24, 2.45) is 0 Å². The predicted molar refractivity (Wildman–Crippen MR) is 129 cm³/mol. The Bertz CT molecular complexity index is 948. The van der Waals surface area contributed by atoms with E-state index in [1.165, 1.54) is 0 Å². The van der Waals surface area contributed by atoms with Gasteiger partial charge in [-0.25, -0.2) is 9.18 Å². The van der Waals surface area contributed by atoms with Gasteiger partial charge in [0.25, 0.3) is 5.79 Å². The number of carbonyl (C=O) groups excluding carboxylic acids is 1. The standard InChI is InChI=1S/C23H38FNO18/c1-6(29)25-11-7(30)2-23(22(37)38,42-18(11)12(32)8(31)3-26)43-19-13(33)9(4-27)40-21(16(19)36)41-17-10(5-28)39-20(24)15(35)14(17)34/h7-21,26-28,30-36H,2-5H2,1H3,(H,25,29)(H,37,38)/t7-,8+,9+,10+,11+,12+,13-,14+,15+,16+,17+,18+,19-,20-,21-,23-/m0/s1. The van der Waals surface area contributed by atoms with Gasteiger partial charge in [0, 0.05) is 13.3 Å². The van der Waals surface area contributed by atoms with Crippen molar-refractivity contribution in [3.05, 3.63) is 0 Å². The fourth-order valence-electron chi connectivity index (χ4n) is 5.14. The highest BCUT2D eigenvalue weighted by Gasteiger charge is 2.60. The van der Waals surface area contributed by atoms with Crippen LogP contribution in [0.15, 0.2) is 0 Å². The number of aliphatic hydroxyl groups excluding tert-OH is 10. The molecule has 0 aromatic carbocycles. The van der Waals surface area contributed by atoms with Gasteiger partial charge in [-0.1, -0.05) is 0 Å². The first kappa shape index (κ1) is 35.7. The number of ether oxygens (including phenoxy) is 5. The maximum absolute atomic E-state index is 13.9. The molecule has 0 aromatic rings. The molecule has 12 N–H and O–H groups in total. The summed E-state index contributed by atoms with van der Waals surface area (Å²) in [5.41, 5.74) is 0. The zero-order valence-electron chi connectivity index (χ0n) is 22.6. The fourth-order valence-corrected chi connectivity index (χ4v) is 5.14. The van der Waals surface area contributed by atoms with E-state index >= 15 is 0 Å². The van der Waals surface area contributed by atoms with Gasteiger partial charge >= 0.3 is 5.97 Å². The monoisotopic (exact) mass is 635 g/mol. The molecular formula is C23H38FNO18. The van der Waals surface area contributed by atoms with Crippen molar-refractivity contribution >= 4 is 11.9 Å². The number of carbonyl (C=O) groups is 2. The zero-order valence-corrected chi connectivity index (χ0v) is 22.6. The Morgan fingerprint density at radius 1 is 0.953 bits per heavy atom. The Morgan fingerprint density at radius 2 is 1.58 bits per heavy atom. The van der Waals surface area contributed by atoms with Gasteiger partial charge in [0.05, 0.1) is 32.0 Å². The van der Waals surface area contributed by atoms with Crippen molar-refractivity contribution in [3.63, 3.8) is 0 Å². The molecular weight excluding hydrogens is 597 g/mol. The number of halogens is 1. The van der Waals surface area contributed by atoms with Crippen LogP contribution < -0.4 is 5.32 Å². The van der Waals surface area contributed by atoms with Crippen LogP contribution in [0.5, 0.6) is 0 Å². The minimum absolute atomic E-state index is 0.757. The highest BCUT2D eigenvalue weighted by molar-refractivity contribution is 5.76. The van der Waals surface area contributed by atoms with Crippen LogP contribution in [0, 0.1) is 0 Å². The Morgan fingerprint density at radius 3 is 2.12 bits per heavy atom. The first-order valence-electron chi connectivity index (χ1n) is 13.2. The average Bonchev–Trinajstić information content (AvgIpc) is 2.96.